The third kappa shape index (κ3) is 3.71. The smallest absolute Gasteiger partial charge is 0.337 e. The molecule has 0 fully saturated rings. The molecule has 112 valence electrons. The summed E-state index contributed by atoms with van der Waals surface area (Å²) in [5.74, 6) is -1.03. The number of carbonyl (C=O) groups is 1. The van der Waals surface area contributed by atoms with E-state index < -0.39 is 5.97 Å². The first-order chi connectivity index (χ1) is 9.56. The molecule has 0 radical (unpaired) electrons. The first-order valence-corrected chi connectivity index (χ1v) is 6.94. The van der Waals surface area contributed by atoms with Crippen LogP contribution in [0.1, 0.15) is 46.8 Å². The lowest BCUT2D eigenvalue weighted by Crippen LogP contribution is -2.12. The summed E-state index contributed by atoms with van der Waals surface area (Å²) >= 11 is 0. The zero-order valence-corrected chi connectivity index (χ0v) is 11.9. The van der Waals surface area contributed by atoms with Gasteiger partial charge >= 0.3 is 5.97 Å². The average molecular weight is 281 g/mol. The second-order valence-electron chi connectivity index (χ2n) is 4.77. The molecular weight excluding hydrogens is 258 g/mol. The summed E-state index contributed by atoms with van der Waals surface area (Å²) < 4.78 is 0. The third-order valence-corrected chi connectivity index (χ3v) is 3.47. The van der Waals surface area contributed by atoms with Gasteiger partial charge in [0, 0.05) is 18.9 Å². The summed E-state index contributed by atoms with van der Waals surface area (Å²) in [4.78, 5) is 11.3. The number of aliphatic hydroxyl groups excluding tert-OH is 2. The van der Waals surface area contributed by atoms with Gasteiger partial charge in [0.1, 0.15) is 0 Å². The number of aliphatic hydroxyl groups is 2. The van der Waals surface area contributed by atoms with Crippen molar-refractivity contribution in [3.63, 3.8) is 0 Å². The minimum absolute atomic E-state index is 0.0393. The van der Waals surface area contributed by atoms with Gasteiger partial charge in [-0.15, -0.1) is 0 Å². The number of aromatic carboxylic acids is 1. The Morgan fingerprint density at radius 3 is 2.15 bits per heavy atom. The second-order valence-corrected chi connectivity index (χ2v) is 4.77. The molecule has 0 aromatic heterocycles. The summed E-state index contributed by atoms with van der Waals surface area (Å²) in [6, 6.07) is 1.63. The lowest BCUT2D eigenvalue weighted by Gasteiger charge is -2.18. The molecule has 0 heterocycles. The van der Waals surface area contributed by atoms with E-state index in [9.17, 15) is 9.90 Å². The Balaban J connectivity index is 3.36. The predicted molar refractivity (Wildman–Crippen MR) is 78.0 cm³/mol. The fourth-order valence-corrected chi connectivity index (χ4v) is 2.46. The predicted octanol–water partition coefficient (Wildman–Crippen LogP) is 1.38. The van der Waals surface area contributed by atoms with Crippen molar-refractivity contribution in [2.45, 2.75) is 39.0 Å². The van der Waals surface area contributed by atoms with Crippen molar-refractivity contribution in [2.75, 3.05) is 18.9 Å². The van der Waals surface area contributed by atoms with E-state index in [2.05, 4.69) is 0 Å². The molecule has 0 spiro atoms. The topological polar surface area (TPSA) is 104 Å². The van der Waals surface area contributed by atoms with E-state index in [0.29, 0.717) is 32.1 Å². The fraction of sp³-hybridized carbons (Fsp3) is 0.533. The van der Waals surface area contributed by atoms with Crippen molar-refractivity contribution in [1.29, 1.82) is 0 Å². The van der Waals surface area contributed by atoms with Crippen LogP contribution in [-0.4, -0.2) is 34.5 Å². The Kier molecular flexibility index (Phi) is 6.48. The van der Waals surface area contributed by atoms with Gasteiger partial charge in [0.2, 0.25) is 0 Å². The van der Waals surface area contributed by atoms with Crippen molar-refractivity contribution in [3.8, 4) is 0 Å². The molecule has 0 aliphatic carbocycles. The standard InChI is InChI=1S/C15H23NO4/c1-2-10-9-13(15(19)20)14(16)12(6-4-8-18)11(10)5-3-7-17/h9,17-18H,2-8,16H2,1H3,(H,19,20). The summed E-state index contributed by atoms with van der Waals surface area (Å²) in [6.07, 6.45) is 3.10. The molecule has 20 heavy (non-hydrogen) atoms. The zero-order chi connectivity index (χ0) is 15.1. The highest BCUT2D eigenvalue weighted by atomic mass is 16.4. The molecule has 5 nitrogen and oxygen atoms in total. The lowest BCUT2D eigenvalue weighted by atomic mass is 9.89. The molecule has 0 bridgehead atoms. The van der Waals surface area contributed by atoms with Crippen LogP contribution in [-0.2, 0) is 19.3 Å². The molecule has 5 heteroatoms. The molecule has 1 aromatic rings. The summed E-state index contributed by atoms with van der Waals surface area (Å²) in [5, 5.41) is 27.2. The van der Waals surface area contributed by atoms with E-state index in [1.807, 2.05) is 6.92 Å². The Hall–Kier alpha value is -1.59. The average Bonchev–Trinajstić information content (AvgIpc) is 2.43. The number of rotatable bonds is 8. The van der Waals surface area contributed by atoms with Crippen LogP contribution in [0.5, 0.6) is 0 Å². The highest BCUT2D eigenvalue weighted by Crippen LogP contribution is 2.29. The Morgan fingerprint density at radius 1 is 1.15 bits per heavy atom. The van der Waals surface area contributed by atoms with Gasteiger partial charge in [0.05, 0.1) is 5.56 Å². The number of hydrogen-bond acceptors (Lipinski definition) is 4. The molecule has 1 aromatic carbocycles. The van der Waals surface area contributed by atoms with Gasteiger partial charge in [-0.05, 0) is 54.9 Å². The second kappa shape index (κ2) is 7.87. The normalized spacial score (nSPS) is 10.8. The summed E-state index contributed by atoms with van der Waals surface area (Å²) in [7, 11) is 0. The number of anilines is 1. The highest BCUT2D eigenvalue weighted by molar-refractivity contribution is 5.95. The van der Waals surface area contributed by atoms with Crippen LogP contribution in [0, 0.1) is 0 Å². The maximum atomic E-state index is 11.3. The molecule has 0 unspecified atom stereocenters. The van der Waals surface area contributed by atoms with Gasteiger partial charge in [-0.3, -0.25) is 0 Å². The van der Waals surface area contributed by atoms with E-state index >= 15 is 0 Å². The first kappa shape index (κ1) is 16.5. The molecule has 0 aliphatic heterocycles. The summed E-state index contributed by atoms with van der Waals surface area (Å²) in [6.45, 7) is 2.09. The molecule has 0 saturated heterocycles. The van der Waals surface area contributed by atoms with Crippen LogP contribution in [0.25, 0.3) is 0 Å². The van der Waals surface area contributed by atoms with E-state index in [0.717, 1.165) is 16.7 Å². The van der Waals surface area contributed by atoms with Gasteiger partial charge in [0.25, 0.3) is 0 Å². The van der Waals surface area contributed by atoms with Gasteiger partial charge < -0.3 is 21.1 Å². The van der Waals surface area contributed by atoms with Gasteiger partial charge in [0.15, 0.2) is 0 Å². The van der Waals surface area contributed by atoms with Crippen molar-refractivity contribution in [2.24, 2.45) is 0 Å². The van der Waals surface area contributed by atoms with E-state index in [1.165, 1.54) is 0 Å². The van der Waals surface area contributed by atoms with Gasteiger partial charge in [-0.1, -0.05) is 6.92 Å². The van der Waals surface area contributed by atoms with Crippen molar-refractivity contribution in [1.82, 2.24) is 0 Å². The SMILES string of the molecule is CCc1cc(C(=O)O)c(N)c(CCCO)c1CCCO. The van der Waals surface area contributed by atoms with Crippen molar-refractivity contribution >= 4 is 11.7 Å². The molecule has 0 amide bonds. The van der Waals surface area contributed by atoms with Crippen LogP contribution < -0.4 is 5.73 Å². The number of aryl methyl sites for hydroxylation is 1. The number of nitrogen functional groups attached to an aromatic ring is 1. The maximum absolute atomic E-state index is 11.3. The third-order valence-electron chi connectivity index (χ3n) is 3.47. The van der Waals surface area contributed by atoms with E-state index in [4.69, 9.17) is 15.9 Å². The number of carboxylic acid groups (broad SMARTS) is 1. The monoisotopic (exact) mass is 281 g/mol. The van der Waals surface area contributed by atoms with Gasteiger partial charge in [-0.25, -0.2) is 4.79 Å². The lowest BCUT2D eigenvalue weighted by molar-refractivity contribution is 0.0698. The van der Waals surface area contributed by atoms with Crippen LogP contribution in [0.4, 0.5) is 5.69 Å². The largest absolute Gasteiger partial charge is 0.478 e. The molecule has 5 N–H and O–H groups in total. The van der Waals surface area contributed by atoms with Crippen LogP contribution in [0.2, 0.25) is 0 Å². The van der Waals surface area contributed by atoms with Crippen molar-refractivity contribution in [3.05, 3.63) is 28.3 Å². The van der Waals surface area contributed by atoms with Crippen LogP contribution in [0.15, 0.2) is 6.07 Å². The highest BCUT2D eigenvalue weighted by Gasteiger charge is 2.18. The summed E-state index contributed by atoms with van der Waals surface area (Å²) in [5.41, 5.74) is 9.20. The van der Waals surface area contributed by atoms with Crippen LogP contribution in [0.3, 0.4) is 0 Å². The minimum atomic E-state index is -1.03. The van der Waals surface area contributed by atoms with Gasteiger partial charge in [-0.2, -0.15) is 0 Å². The van der Waals surface area contributed by atoms with Crippen LogP contribution >= 0.6 is 0 Å². The maximum Gasteiger partial charge on any atom is 0.337 e. The number of nitrogens with two attached hydrogens (primary N) is 1. The molecule has 0 atom stereocenters. The van der Waals surface area contributed by atoms with Crippen molar-refractivity contribution < 1.29 is 20.1 Å². The number of carboxylic acids is 1. The van der Waals surface area contributed by atoms with E-state index in [-0.39, 0.29) is 24.5 Å². The quantitative estimate of drug-likeness (QED) is 0.539. The number of hydrogen-bond donors (Lipinski definition) is 4. The Bertz CT molecular complexity index is 471. The zero-order valence-electron chi connectivity index (χ0n) is 11.9. The Labute approximate surface area is 119 Å². The fourth-order valence-electron chi connectivity index (χ4n) is 2.46. The molecule has 0 aliphatic rings. The Morgan fingerprint density at radius 2 is 1.70 bits per heavy atom. The molecule has 0 saturated carbocycles. The minimum Gasteiger partial charge on any atom is -0.478 e. The number of benzene rings is 1. The molecule has 1 rings (SSSR count). The molecular formula is C15H23NO4. The van der Waals surface area contributed by atoms with E-state index in [1.54, 1.807) is 6.07 Å². The first-order valence-electron chi connectivity index (χ1n) is 6.94.